The average Bonchev–Trinajstić information content (AvgIpc) is 2.77. The lowest BCUT2D eigenvalue weighted by Crippen LogP contribution is -2.24. The SMILES string of the molecule is COc1ccc2nc(N)n(C3CCC(C)C(C)C3)c2c1. The molecule has 1 aliphatic rings. The van der Waals surface area contributed by atoms with E-state index in [1.54, 1.807) is 7.11 Å². The van der Waals surface area contributed by atoms with Gasteiger partial charge in [0.1, 0.15) is 5.75 Å². The minimum Gasteiger partial charge on any atom is -0.497 e. The molecule has 1 aromatic carbocycles. The number of nitrogens with two attached hydrogens (primary N) is 1. The smallest absolute Gasteiger partial charge is 0.201 e. The lowest BCUT2D eigenvalue weighted by Gasteiger charge is -2.33. The zero-order valence-corrected chi connectivity index (χ0v) is 12.5. The standard InChI is InChI=1S/C16H23N3O/c1-10-4-5-12(8-11(10)2)19-15-9-13(20-3)6-7-14(15)18-16(19)17/h6-7,9-12H,4-5,8H2,1-3H3,(H2,17,18). The topological polar surface area (TPSA) is 53.1 Å². The largest absolute Gasteiger partial charge is 0.497 e. The highest BCUT2D eigenvalue weighted by Gasteiger charge is 2.27. The van der Waals surface area contributed by atoms with Crippen molar-refractivity contribution in [3.05, 3.63) is 18.2 Å². The molecule has 0 radical (unpaired) electrons. The summed E-state index contributed by atoms with van der Waals surface area (Å²) < 4.78 is 7.54. The Kier molecular flexibility index (Phi) is 3.32. The van der Waals surface area contributed by atoms with Gasteiger partial charge in [0.15, 0.2) is 0 Å². The fraction of sp³-hybridized carbons (Fsp3) is 0.562. The van der Waals surface area contributed by atoms with Crippen LogP contribution in [0.2, 0.25) is 0 Å². The molecule has 0 spiro atoms. The normalized spacial score (nSPS) is 26.9. The number of imidazole rings is 1. The highest BCUT2D eigenvalue weighted by molar-refractivity contribution is 5.80. The molecule has 0 aliphatic heterocycles. The van der Waals surface area contributed by atoms with Gasteiger partial charge in [0, 0.05) is 12.1 Å². The van der Waals surface area contributed by atoms with Crippen LogP contribution in [0.1, 0.15) is 39.2 Å². The molecule has 2 N–H and O–H groups in total. The summed E-state index contributed by atoms with van der Waals surface area (Å²) in [4.78, 5) is 4.49. The van der Waals surface area contributed by atoms with Crippen LogP contribution in [-0.2, 0) is 0 Å². The molecule has 1 aliphatic carbocycles. The van der Waals surface area contributed by atoms with Gasteiger partial charge in [-0.05, 0) is 43.2 Å². The Labute approximate surface area is 119 Å². The van der Waals surface area contributed by atoms with Crippen molar-refractivity contribution in [3.63, 3.8) is 0 Å². The number of nitrogen functional groups attached to an aromatic ring is 1. The minimum absolute atomic E-state index is 0.457. The van der Waals surface area contributed by atoms with Gasteiger partial charge in [-0.3, -0.25) is 0 Å². The lowest BCUT2D eigenvalue weighted by molar-refractivity contribution is 0.215. The molecule has 3 unspecified atom stereocenters. The van der Waals surface area contributed by atoms with Crippen molar-refractivity contribution in [2.24, 2.45) is 11.8 Å². The lowest BCUT2D eigenvalue weighted by atomic mass is 9.79. The fourth-order valence-electron chi connectivity index (χ4n) is 3.36. The van der Waals surface area contributed by atoms with Crippen molar-refractivity contribution >= 4 is 17.0 Å². The number of hydrogen-bond donors (Lipinski definition) is 1. The summed E-state index contributed by atoms with van der Waals surface area (Å²) in [5, 5.41) is 0. The highest BCUT2D eigenvalue weighted by Crippen LogP contribution is 2.39. The van der Waals surface area contributed by atoms with E-state index in [2.05, 4.69) is 23.4 Å². The van der Waals surface area contributed by atoms with Crippen LogP contribution in [0, 0.1) is 11.8 Å². The number of aromatic nitrogens is 2. The number of hydrogen-bond acceptors (Lipinski definition) is 3. The molecule has 0 bridgehead atoms. The van der Waals surface area contributed by atoms with E-state index in [9.17, 15) is 0 Å². The maximum atomic E-state index is 6.17. The van der Waals surface area contributed by atoms with Crippen molar-refractivity contribution in [2.75, 3.05) is 12.8 Å². The Morgan fingerprint density at radius 3 is 2.75 bits per heavy atom. The van der Waals surface area contributed by atoms with Gasteiger partial charge < -0.3 is 15.0 Å². The quantitative estimate of drug-likeness (QED) is 0.909. The minimum atomic E-state index is 0.457. The number of ether oxygens (including phenoxy) is 1. The first kappa shape index (κ1) is 13.3. The summed E-state index contributed by atoms with van der Waals surface area (Å²) in [6, 6.07) is 6.42. The Balaban J connectivity index is 2.03. The molecular weight excluding hydrogens is 250 g/mol. The zero-order valence-electron chi connectivity index (χ0n) is 12.5. The zero-order chi connectivity index (χ0) is 14.3. The van der Waals surface area contributed by atoms with Crippen molar-refractivity contribution in [2.45, 2.75) is 39.2 Å². The summed E-state index contributed by atoms with van der Waals surface area (Å²) in [6.45, 7) is 4.69. The fourth-order valence-corrected chi connectivity index (χ4v) is 3.36. The van der Waals surface area contributed by atoms with E-state index in [0.29, 0.717) is 12.0 Å². The third-order valence-corrected chi connectivity index (χ3v) is 4.86. The van der Waals surface area contributed by atoms with Crippen LogP contribution in [0.15, 0.2) is 18.2 Å². The van der Waals surface area contributed by atoms with Gasteiger partial charge in [-0.15, -0.1) is 0 Å². The number of benzene rings is 1. The van der Waals surface area contributed by atoms with Gasteiger partial charge in [0.05, 0.1) is 18.1 Å². The molecule has 3 atom stereocenters. The highest BCUT2D eigenvalue weighted by atomic mass is 16.5. The first-order valence-electron chi connectivity index (χ1n) is 7.41. The second-order valence-electron chi connectivity index (χ2n) is 6.12. The second kappa shape index (κ2) is 5.00. The van der Waals surface area contributed by atoms with E-state index in [0.717, 1.165) is 28.6 Å². The Hall–Kier alpha value is -1.71. The van der Waals surface area contributed by atoms with Gasteiger partial charge in [-0.2, -0.15) is 0 Å². The summed E-state index contributed by atoms with van der Waals surface area (Å²) in [5.41, 5.74) is 8.21. The van der Waals surface area contributed by atoms with Crippen LogP contribution in [0.5, 0.6) is 5.75 Å². The monoisotopic (exact) mass is 273 g/mol. The Bertz CT molecular complexity index is 619. The molecule has 0 saturated heterocycles. The van der Waals surface area contributed by atoms with Crippen molar-refractivity contribution in [1.82, 2.24) is 9.55 Å². The molecule has 1 saturated carbocycles. The summed E-state index contributed by atoms with van der Waals surface area (Å²) in [5.74, 6) is 3.02. The second-order valence-corrected chi connectivity index (χ2v) is 6.12. The third kappa shape index (κ3) is 2.13. The molecule has 4 nitrogen and oxygen atoms in total. The number of nitrogens with zero attached hydrogens (tertiary/aromatic N) is 2. The summed E-state index contributed by atoms with van der Waals surface area (Å²) >= 11 is 0. The number of methoxy groups -OCH3 is 1. The van der Waals surface area contributed by atoms with E-state index in [1.807, 2.05) is 18.2 Å². The molecule has 3 rings (SSSR count). The maximum absolute atomic E-state index is 6.17. The van der Waals surface area contributed by atoms with E-state index in [4.69, 9.17) is 10.5 Å². The van der Waals surface area contributed by atoms with E-state index in [-0.39, 0.29) is 0 Å². The van der Waals surface area contributed by atoms with Crippen molar-refractivity contribution in [3.8, 4) is 5.75 Å². The van der Waals surface area contributed by atoms with Crippen LogP contribution in [0.4, 0.5) is 5.95 Å². The summed E-state index contributed by atoms with van der Waals surface area (Å²) in [6.07, 6.45) is 3.61. The molecule has 1 aromatic heterocycles. The number of anilines is 1. The van der Waals surface area contributed by atoms with Crippen LogP contribution < -0.4 is 10.5 Å². The van der Waals surface area contributed by atoms with Gasteiger partial charge in [0.2, 0.25) is 5.95 Å². The molecule has 0 amide bonds. The van der Waals surface area contributed by atoms with Gasteiger partial charge >= 0.3 is 0 Å². The first-order valence-corrected chi connectivity index (χ1v) is 7.41. The van der Waals surface area contributed by atoms with Crippen molar-refractivity contribution in [1.29, 1.82) is 0 Å². The molecule has 1 fully saturated rings. The predicted octanol–water partition coefficient (Wildman–Crippen LogP) is 3.62. The van der Waals surface area contributed by atoms with Crippen LogP contribution in [0.3, 0.4) is 0 Å². The molecular formula is C16H23N3O. The van der Waals surface area contributed by atoms with E-state index in [1.165, 1.54) is 19.3 Å². The van der Waals surface area contributed by atoms with E-state index < -0.39 is 0 Å². The Morgan fingerprint density at radius 2 is 2.05 bits per heavy atom. The molecule has 1 heterocycles. The van der Waals surface area contributed by atoms with E-state index >= 15 is 0 Å². The van der Waals surface area contributed by atoms with Gasteiger partial charge in [-0.25, -0.2) is 4.98 Å². The third-order valence-electron chi connectivity index (χ3n) is 4.86. The first-order chi connectivity index (χ1) is 9.60. The van der Waals surface area contributed by atoms with Crippen LogP contribution in [-0.4, -0.2) is 16.7 Å². The van der Waals surface area contributed by atoms with Gasteiger partial charge in [-0.1, -0.05) is 13.8 Å². The molecule has 2 aromatic rings. The number of rotatable bonds is 2. The van der Waals surface area contributed by atoms with Crippen molar-refractivity contribution < 1.29 is 4.74 Å². The van der Waals surface area contributed by atoms with Crippen LogP contribution >= 0.6 is 0 Å². The molecule has 108 valence electrons. The molecule has 4 heteroatoms. The molecule has 20 heavy (non-hydrogen) atoms. The summed E-state index contributed by atoms with van der Waals surface area (Å²) in [7, 11) is 1.69. The number of fused-ring (bicyclic) bond motifs is 1. The van der Waals surface area contributed by atoms with Gasteiger partial charge in [0.25, 0.3) is 0 Å². The van der Waals surface area contributed by atoms with Crippen LogP contribution in [0.25, 0.3) is 11.0 Å². The Morgan fingerprint density at radius 1 is 1.25 bits per heavy atom. The maximum Gasteiger partial charge on any atom is 0.201 e. The average molecular weight is 273 g/mol. The predicted molar refractivity (Wildman–Crippen MR) is 81.9 cm³/mol.